The van der Waals surface area contributed by atoms with Gasteiger partial charge in [-0.15, -0.1) is 0 Å². The van der Waals surface area contributed by atoms with Crippen LogP contribution in [0.3, 0.4) is 0 Å². The smallest absolute Gasteiger partial charge is 0.217 e. The lowest BCUT2D eigenvalue weighted by Gasteiger charge is -2.38. The fourth-order valence-electron chi connectivity index (χ4n) is 4.03. The Hall–Kier alpha value is -2.61. The monoisotopic (exact) mass is 457 g/mol. The van der Waals surface area contributed by atoms with Crippen LogP contribution in [0, 0.1) is 24.7 Å². The van der Waals surface area contributed by atoms with Gasteiger partial charge in [0, 0.05) is 18.7 Å². The largest absolute Gasteiger partial charge is 0.458 e. The van der Waals surface area contributed by atoms with Gasteiger partial charge in [0.1, 0.15) is 11.3 Å². The summed E-state index contributed by atoms with van der Waals surface area (Å²) in [6.07, 6.45) is 6.43. The van der Waals surface area contributed by atoms with Gasteiger partial charge in [0.2, 0.25) is 5.91 Å². The van der Waals surface area contributed by atoms with Crippen molar-refractivity contribution in [2.24, 2.45) is 23.5 Å². The van der Waals surface area contributed by atoms with Crippen LogP contribution in [0.2, 0.25) is 0 Å². The first kappa shape index (κ1) is 19.7. The molecule has 0 spiro atoms. The molecule has 4 unspecified atom stereocenters. The minimum absolute atomic E-state index is 0.0435. The number of rotatable bonds is 5. The Morgan fingerprint density at radius 1 is 1.31 bits per heavy atom. The Morgan fingerprint density at radius 3 is 2.76 bits per heavy atom. The molecule has 0 aromatic carbocycles. The lowest BCUT2D eigenvalue weighted by molar-refractivity contribution is -0.119. The first-order chi connectivity index (χ1) is 13.8. The second-order valence-corrected chi connectivity index (χ2v) is 8.64. The molecule has 0 saturated carbocycles. The number of fused-ring (bicyclic) bond motifs is 1. The van der Waals surface area contributed by atoms with Gasteiger partial charge in [0.25, 0.3) is 0 Å². The van der Waals surface area contributed by atoms with Crippen molar-refractivity contribution in [3.63, 3.8) is 0 Å². The van der Waals surface area contributed by atoms with Gasteiger partial charge < -0.3 is 20.5 Å². The van der Waals surface area contributed by atoms with E-state index in [4.69, 9.17) is 10.2 Å². The minimum atomic E-state index is -0.285. The Bertz CT molecular complexity index is 1090. The van der Waals surface area contributed by atoms with Crippen molar-refractivity contribution in [1.82, 2.24) is 15.0 Å². The quantitative estimate of drug-likeness (QED) is 0.491. The molecule has 4 rings (SSSR count). The fraction of sp³-hybridized carbons (Fsp3) is 0.381. The minimum Gasteiger partial charge on any atom is -0.458 e. The number of furan rings is 1. The zero-order valence-electron chi connectivity index (χ0n) is 16.6. The third-order valence-corrected chi connectivity index (χ3v) is 6.22. The number of pyridine rings is 1. The highest BCUT2D eigenvalue weighted by Gasteiger charge is 2.34. The second-order valence-electron chi connectivity index (χ2n) is 7.78. The number of aryl methyl sites for hydroxylation is 1. The summed E-state index contributed by atoms with van der Waals surface area (Å²) in [5.41, 5.74) is 7.79. The standard InChI is InChI=1S/C21H24BrN5O2/c1-10-4-5-11(2)17(13(10)8-16(23)28)25-18-14(22)9-24-21-19(18)26-20(27-21)15-7-6-12(3)29-15/h4-7,9-11,13,17H,8H2,1-3H3,(H2,23,28)(H2,24,25,26,27). The summed E-state index contributed by atoms with van der Waals surface area (Å²) >= 11 is 3.61. The Labute approximate surface area is 177 Å². The first-order valence-electron chi connectivity index (χ1n) is 9.67. The average Bonchev–Trinajstić information content (AvgIpc) is 3.28. The zero-order chi connectivity index (χ0) is 20.7. The van der Waals surface area contributed by atoms with Gasteiger partial charge in [0.05, 0.1) is 10.2 Å². The van der Waals surface area contributed by atoms with E-state index < -0.39 is 0 Å². The molecule has 1 aliphatic rings. The molecule has 1 amide bonds. The molecule has 4 atom stereocenters. The van der Waals surface area contributed by atoms with Gasteiger partial charge >= 0.3 is 0 Å². The fourth-order valence-corrected chi connectivity index (χ4v) is 4.45. The topological polar surface area (TPSA) is 110 Å². The van der Waals surface area contributed by atoms with Gasteiger partial charge in [-0.2, -0.15) is 0 Å². The number of carbonyl (C=O) groups is 1. The number of nitrogens with two attached hydrogens (primary N) is 1. The third kappa shape index (κ3) is 3.81. The summed E-state index contributed by atoms with van der Waals surface area (Å²) in [5.74, 6) is 2.40. The number of hydrogen-bond donors (Lipinski definition) is 3. The van der Waals surface area contributed by atoms with Crippen molar-refractivity contribution in [3.8, 4) is 11.6 Å². The average molecular weight is 458 g/mol. The Morgan fingerprint density at radius 2 is 2.07 bits per heavy atom. The highest BCUT2D eigenvalue weighted by Crippen LogP contribution is 2.37. The van der Waals surface area contributed by atoms with Gasteiger partial charge in [-0.1, -0.05) is 26.0 Å². The van der Waals surface area contributed by atoms with Crippen LogP contribution in [0.25, 0.3) is 22.7 Å². The van der Waals surface area contributed by atoms with E-state index >= 15 is 0 Å². The summed E-state index contributed by atoms with van der Waals surface area (Å²) in [6.45, 7) is 6.16. The van der Waals surface area contributed by atoms with E-state index in [1.54, 1.807) is 6.20 Å². The highest BCUT2D eigenvalue weighted by molar-refractivity contribution is 9.10. The van der Waals surface area contributed by atoms with E-state index in [1.165, 1.54) is 0 Å². The molecular formula is C21H24BrN5O2. The van der Waals surface area contributed by atoms with E-state index in [-0.39, 0.29) is 29.7 Å². The molecular weight excluding hydrogens is 434 g/mol. The number of amides is 1. The molecule has 7 nitrogen and oxygen atoms in total. The van der Waals surface area contributed by atoms with Crippen LogP contribution in [0.1, 0.15) is 26.0 Å². The van der Waals surface area contributed by atoms with Crippen molar-refractivity contribution in [2.75, 3.05) is 5.32 Å². The first-order valence-corrected chi connectivity index (χ1v) is 10.5. The van der Waals surface area contributed by atoms with Crippen molar-refractivity contribution in [1.29, 1.82) is 0 Å². The predicted molar refractivity (Wildman–Crippen MR) is 116 cm³/mol. The van der Waals surface area contributed by atoms with E-state index in [1.807, 2.05) is 19.1 Å². The summed E-state index contributed by atoms with van der Waals surface area (Å²) in [5, 5.41) is 3.65. The number of hydrogen-bond acceptors (Lipinski definition) is 5. The molecule has 0 radical (unpaired) electrons. The van der Waals surface area contributed by atoms with Crippen LogP contribution >= 0.6 is 15.9 Å². The van der Waals surface area contributed by atoms with Gasteiger partial charge in [-0.3, -0.25) is 4.79 Å². The molecule has 0 aliphatic heterocycles. The second kappa shape index (κ2) is 7.67. The van der Waals surface area contributed by atoms with Crippen molar-refractivity contribution >= 4 is 38.7 Å². The molecule has 0 bridgehead atoms. The SMILES string of the molecule is Cc1ccc(-c2nc3ncc(Br)c(NC4C(C)C=CC(C)C4CC(N)=O)c3[nH]2)o1. The Balaban J connectivity index is 1.74. The van der Waals surface area contributed by atoms with Crippen LogP contribution in [0.5, 0.6) is 0 Å². The number of aromatic nitrogens is 3. The van der Waals surface area contributed by atoms with Crippen LogP contribution in [-0.2, 0) is 4.79 Å². The van der Waals surface area contributed by atoms with Crippen LogP contribution in [0.15, 0.2) is 39.4 Å². The third-order valence-electron chi connectivity index (χ3n) is 5.62. The number of halogens is 1. The number of primary amides is 1. The number of anilines is 1. The molecule has 3 aromatic rings. The van der Waals surface area contributed by atoms with E-state index in [0.717, 1.165) is 21.4 Å². The van der Waals surface area contributed by atoms with Crippen LogP contribution < -0.4 is 11.1 Å². The van der Waals surface area contributed by atoms with E-state index in [2.05, 4.69) is 62.2 Å². The normalized spacial score (nSPS) is 24.1. The van der Waals surface area contributed by atoms with Crippen LogP contribution in [0.4, 0.5) is 5.69 Å². The van der Waals surface area contributed by atoms with Crippen molar-refractivity contribution in [3.05, 3.63) is 40.7 Å². The maximum absolute atomic E-state index is 11.7. The summed E-state index contributed by atoms with van der Waals surface area (Å²) in [4.78, 5) is 24.0. The number of nitrogens with one attached hydrogen (secondary N) is 2. The van der Waals surface area contributed by atoms with E-state index in [9.17, 15) is 4.79 Å². The number of H-pyrrole nitrogens is 1. The lowest BCUT2D eigenvalue weighted by Crippen LogP contribution is -2.42. The maximum Gasteiger partial charge on any atom is 0.217 e. The molecule has 152 valence electrons. The molecule has 0 saturated heterocycles. The number of carbonyl (C=O) groups excluding carboxylic acids is 1. The molecule has 1 aliphatic carbocycles. The molecule has 0 fully saturated rings. The van der Waals surface area contributed by atoms with Gasteiger partial charge in [0.15, 0.2) is 17.2 Å². The predicted octanol–water partition coefficient (Wildman–Crippen LogP) is 4.40. The molecule has 8 heteroatoms. The number of aromatic amines is 1. The van der Waals surface area contributed by atoms with E-state index in [0.29, 0.717) is 23.7 Å². The summed E-state index contributed by atoms with van der Waals surface area (Å²) in [6, 6.07) is 3.83. The lowest BCUT2D eigenvalue weighted by atomic mass is 9.74. The highest BCUT2D eigenvalue weighted by atomic mass is 79.9. The molecule has 3 heterocycles. The summed E-state index contributed by atoms with van der Waals surface area (Å²) < 4.78 is 6.52. The van der Waals surface area contributed by atoms with Crippen molar-refractivity contribution < 1.29 is 9.21 Å². The Kier molecular flexibility index (Phi) is 5.21. The van der Waals surface area contributed by atoms with Gasteiger partial charge in [-0.25, -0.2) is 9.97 Å². The van der Waals surface area contributed by atoms with Crippen molar-refractivity contribution in [2.45, 2.75) is 33.2 Å². The maximum atomic E-state index is 11.7. The number of imidazole rings is 1. The molecule has 4 N–H and O–H groups in total. The van der Waals surface area contributed by atoms with Gasteiger partial charge in [-0.05, 0) is 52.7 Å². The molecule has 3 aromatic heterocycles. The molecule has 29 heavy (non-hydrogen) atoms. The van der Waals surface area contributed by atoms with Crippen LogP contribution in [-0.4, -0.2) is 26.9 Å². The number of allylic oxidation sites excluding steroid dienone is 1. The number of nitrogens with zero attached hydrogens (tertiary/aromatic N) is 2. The summed E-state index contributed by atoms with van der Waals surface area (Å²) in [7, 11) is 0. The zero-order valence-corrected chi connectivity index (χ0v) is 18.2.